The minimum atomic E-state index is -0.825. The number of aromatic hydroxyl groups is 1. The summed E-state index contributed by atoms with van der Waals surface area (Å²) in [4.78, 5) is 27.6. The lowest BCUT2D eigenvalue weighted by Crippen LogP contribution is -2.31. The van der Waals surface area contributed by atoms with E-state index in [4.69, 9.17) is 9.47 Å². The first-order valence-electron chi connectivity index (χ1n) is 11.4. The van der Waals surface area contributed by atoms with Crippen molar-refractivity contribution in [2.24, 2.45) is 0 Å². The molecule has 182 valence electrons. The van der Waals surface area contributed by atoms with E-state index in [-0.39, 0.29) is 29.0 Å². The number of ether oxygens (including phenoxy) is 2. The van der Waals surface area contributed by atoms with Gasteiger partial charge in [-0.3, -0.25) is 9.59 Å². The number of ketones is 1. The maximum Gasteiger partial charge on any atom is 0.295 e. The Hall–Kier alpha value is -3.32. The maximum atomic E-state index is 13.2. The molecule has 2 aromatic carbocycles. The first kappa shape index (κ1) is 25.3. The van der Waals surface area contributed by atoms with Gasteiger partial charge in [0.25, 0.3) is 11.7 Å². The van der Waals surface area contributed by atoms with Crippen molar-refractivity contribution < 1.29 is 29.3 Å². The zero-order valence-corrected chi connectivity index (χ0v) is 20.4. The summed E-state index contributed by atoms with van der Waals surface area (Å²) in [6.45, 7) is 9.21. The molecule has 0 spiro atoms. The molecule has 1 saturated heterocycles. The molecule has 0 saturated carbocycles. The van der Waals surface area contributed by atoms with E-state index >= 15 is 0 Å². The summed E-state index contributed by atoms with van der Waals surface area (Å²) >= 11 is 0. The molecule has 0 bridgehead atoms. The summed E-state index contributed by atoms with van der Waals surface area (Å²) in [5.74, 6) is -0.982. The molecule has 7 nitrogen and oxygen atoms in total. The van der Waals surface area contributed by atoms with E-state index < -0.39 is 17.7 Å². The quantitative estimate of drug-likeness (QED) is 0.256. The Kier molecular flexibility index (Phi) is 7.67. The van der Waals surface area contributed by atoms with Crippen LogP contribution in [0.25, 0.3) is 5.76 Å². The number of rotatable bonds is 8. The Morgan fingerprint density at radius 1 is 1.12 bits per heavy atom. The summed E-state index contributed by atoms with van der Waals surface area (Å²) < 4.78 is 10.9. The highest BCUT2D eigenvalue weighted by atomic mass is 16.5. The monoisotopic (exact) mass is 467 g/mol. The van der Waals surface area contributed by atoms with Crippen LogP contribution in [0.3, 0.4) is 0 Å². The van der Waals surface area contributed by atoms with Crippen molar-refractivity contribution in [2.75, 3.05) is 26.9 Å². The first-order chi connectivity index (χ1) is 16.1. The molecule has 3 rings (SSSR count). The van der Waals surface area contributed by atoms with E-state index in [1.54, 1.807) is 37.4 Å². The van der Waals surface area contributed by atoms with Crippen LogP contribution in [0.1, 0.15) is 56.8 Å². The number of phenolic OH excluding ortho intramolecular Hbond substituents is 1. The van der Waals surface area contributed by atoms with E-state index in [0.29, 0.717) is 36.5 Å². The van der Waals surface area contributed by atoms with Gasteiger partial charge in [0.2, 0.25) is 0 Å². The minimum Gasteiger partial charge on any atom is -0.508 e. The van der Waals surface area contributed by atoms with Gasteiger partial charge in [-0.2, -0.15) is 0 Å². The highest BCUT2D eigenvalue weighted by Gasteiger charge is 2.46. The van der Waals surface area contributed by atoms with Crippen LogP contribution in [0.2, 0.25) is 0 Å². The summed E-state index contributed by atoms with van der Waals surface area (Å²) in [7, 11) is 1.57. The van der Waals surface area contributed by atoms with Crippen LogP contribution in [-0.4, -0.2) is 53.7 Å². The minimum absolute atomic E-state index is 0.00274. The standard InChI is InChI=1S/C27H33NO6/c1-6-34-21-12-11-18(16-20(21)27(2,3)4)24(30)22-23(17-9-7-10-19(29)15-17)28(13-8-14-33-5)26(32)25(22)31/h7,9-12,15-16,23,29-30H,6,8,13-14H2,1-5H3/b24-22-. The summed E-state index contributed by atoms with van der Waals surface area (Å²) in [6.07, 6.45) is 0.524. The van der Waals surface area contributed by atoms with Crippen molar-refractivity contribution in [3.8, 4) is 11.5 Å². The molecule has 0 aliphatic carbocycles. The second kappa shape index (κ2) is 10.3. The summed E-state index contributed by atoms with van der Waals surface area (Å²) in [6, 6.07) is 10.8. The number of likely N-dealkylation sites (tertiary alicyclic amines) is 1. The highest BCUT2D eigenvalue weighted by molar-refractivity contribution is 6.46. The van der Waals surface area contributed by atoms with Gasteiger partial charge >= 0.3 is 0 Å². The Morgan fingerprint density at radius 2 is 1.85 bits per heavy atom. The second-order valence-corrected chi connectivity index (χ2v) is 9.33. The maximum absolute atomic E-state index is 13.2. The predicted molar refractivity (Wildman–Crippen MR) is 130 cm³/mol. The Bertz CT molecular complexity index is 1100. The average molecular weight is 468 g/mol. The molecule has 1 amide bonds. The van der Waals surface area contributed by atoms with Crippen molar-refractivity contribution in [3.05, 3.63) is 64.7 Å². The molecule has 2 aromatic rings. The molecule has 7 heteroatoms. The van der Waals surface area contributed by atoms with Gasteiger partial charge in [-0.15, -0.1) is 0 Å². The van der Waals surface area contributed by atoms with E-state index in [1.165, 1.54) is 17.0 Å². The fourth-order valence-electron chi connectivity index (χ4n) is 4.23. The number of hydrogen-bond donors (Lipinski definition) is 2. The van der Waals surface area contributed by atoms with E-state index in [1.807, 2.05) is 27.7 Å². The lowest BCUT2D eigenvalue weighted by Gasteiger charge is -2.26. The van der Waals surface area contributed by atoms with Crippen LogP contribution in [0.5, 0.6) is 11.5 Å². The van der Waals surface area contributed by atoms with Gasteiger partial charge in [0.05, 0.1) is 18.2 Å². The van der Waals surface area contributed by atoms with Crippen LogP contribution in [0.4, 0.5) is 0 Å². The summed E-state index contributed by atoms with van der Waals surface area (Å²) in [5.41, 5.74) is 1.56. The molecular weight excluding hydrogens is 434 g/mol. The molecule has 1 fully saturated rings. The molecule has 1 heterocycles. The van der Waals surface area contributed by atoms with Crippen molar-refractivity contribution in [2.45, 2.75) is 45.6 Å². The third-order valence-corrected chi connectivity index (χ3v) is 5.83. The van der Waals surface area contributed by atoms with Gasteiger partial charge in [0.15, 0.2) is 0 Å². The zero-order chi connectivity index (χ0) is 25.0. The van der Waals surface area contributed by atoms with Gasteiger partial charge in [-0.05, 0) is 54.7 Å². The Morgan fingerprint density at radius 3 is 2.47 bits per heavy atom. The van der Waals surface area contributed by atoms with Gasteiger partial charge < -0.3 is 24.6 Å². The number of carbonyl (C=O) groups excluding carboxylic acids is 2. The highest BCUT2D eigenvalue weighted by Crippen LogP contribution is 2.41. The zero-order valence-electron chi connectivity index (χ0n) is 20.4. The number of carbonyl (C=O) groups is 2. The van der Waals surface area contributed by atoms with Gasteiger partial charge in [-0.1, -0.05) is 32.9 Å². The number of amides is 1. The fourth-order valence-corrected chi connectivity index (χ4v) is 4.23. The number of nitrogens with zero attached hydrogens (tertiary/aromatic N) is 1. The molecule has 1 aliphatic heterocycles. The van der Waals surface area contributed by atoms with Gasteiger partial charge in [0, 0.05) is 31.4 Å². The molecule has 0 radical (unpaired) electrons. The smallest absolute Gasteiger partial charge is 0.295 e. The van der Waals surface area contributed by atoms with Crippen molar-refractivity contribution >= 4 is 17.4 Å². The van der Waals surface area contributed by atoms with Crippen molar-refractivity contribution in [1.82, 2.24) is 4.90 Å². The number of benzene rings is 2. The van der Waals surface area contributed by atoms with Crippen LogP contribution in [0.15, 0.2) is 48.0 Å². The SMILES string of the molecule is CCOc1ccc(/C(O)=C2/C(=O)C(=O)N(CCCOC)C2c2cccc(O)c2)cc1C(C)(C)C. The lowest BCUT2D eigenvalue weighted by molar-refractivity contribution is -0.140. The van der Waals surface area contributed by atoms with Crippen LogP contribution >= 0.6 is 0 Å². The predicted octanol–water partition coefficient (Wildman–Crippen LogP) is 4.55. The first-order valence-corrected chi connectivity index (χ1v) is 11.4. The van der Waals surface area contributed by atoms with Crippen LogP contribution in [-0.2, 0) is 19.7 Å². The molecule has 1 aliphatic rings. The molecule has 1 atom stereocenters. The molecular formula is C27H33NO6. The van der Waals surface area contributed by atoms with E-state index in [2.05, 4.69) is 0 Å². The Balaban J connectivity index is 2.18. The van der Waals surface area contributed by atoms with E-state index in [9.17, 15) is 19.8 Å². The fraction of sp³-hybridized carbons (Fsp3) is 0.407. The van der Waals surface area contributed by atoms with Gasteiger partial charge in [0.1, 0.15) is 17.3 Å². The molecule has 2 N–H and O–H groups in total. The van der Waals surface area contributed by atoms with E-state index in [0.717, 1.165) is 5.56 Å². The number of hydrogen-bond acceptors (Lipinski definition) is 6. The third-order valence-electron chi connectivity index (χ3n) is 5.83. The Labute approximate surface area is 200 Å². The normalized spacial score (nSPS) is 17.9. The average Bonchev–Trinajstić information content (AvgIpc) is 3.03. The molecule has 1 unspecified atom stereocenters. The van der Waals surface area contributed by atoms with Crippen molar-refractivity contribution in [3.63, 3.8) is 0 Å². The van der Waals surface area contributed by atoms with Crippen LogP contribution in [0, 0.1) is 0 Å². The molecule has 0 aromatic heterocycles. The number of aliphatic hydroxyl groups excluding tert-OH is 1. The number of Topliss-reactive ketones (excluding diaryl/α,β-unsaturated/α-hetero) is 1. The summed E-state index contributed by atoms with van der Waals surface area (Å²) in [5, 5.41) is 21.4. The number of methoxy groups -OCH3 is 1. The molecule has 34 heavy (non-hydrogen) atoms. The number of phenols is 1. The largest absolute Gasteiger partial charge is 0.508 e. The van der Waals surface area contributed by atoms with Crippen LogP contribution < -0.4 is 4.74 Å². The lowest BCUT2D eigenvalue weighted by atomic mass is 9.84. The van der Waals surface area contributed by atoms with Gasteiger partial charge in [-0.25, -0.2) is 0 Å². The topological polar surface area (TPSA) is 96.3 Å². The second-order valence-electron chi connectivity index (χ2n) is 9.33. The van der Waals surface area contributed by atoms with Crippen molar-refractivity contribution in [1.29, 1.82) is 0 Å². The third kappa shape index (κ3) is 5.09. The number of aliphatic hydroxyl groups is 1.